The molecule has 3 heteroatoms. The number of hydrogen-bond donors (Lipinski definition) is 2. The van der Waals surface area contributed by atoms with Gasteiger partial charge in [-0.05, 0) is 36.0 Å². The summed E-state index contributed by atoms with van der Waals surface area (Å²) in [5, 5.41) is 12.9. The van der Waals surface area contributed by atoms with Crippen LogP contribution in [-0.4, -0.2) is 17.5 Å². The molecule has 1 aromatic carbocycles. The molecule has 2 rings (SSSR count). The predicted octanol–water partition coefficient (Wildman–Crippen LogP) is 3.67. The van der Waals surface area contributed by atoms with Crippen LogP contribution < -0.4 is 5.32 Å². The normalized spacial score (nSPS) is 18.7. The fourth-order valence-electron chi connectivity index (χ4n) is 2.80. The summed E-state index contributed by atoms with van der Waals surface area (Å²) >= 11 is 6.16. The van der Waals surface area contributed by atoms with Crippen molar-refractivity contribution in [2.75, 3.05) is 12.4 Å². The fraction of sp³-hybridized carbons (Fsp3) is 0.600. The van der Waals surface area contributed by atoms with Crippen molar-refractivity contribution in [2.24, 2.45) is 5.41 Å². The Morgan fingerprint density at radius 3 is 2.67 bits per heavy atom. The Labute approximate surface area is 114 Å². The molecule has 0 amide bonds. The maximum Gasteiger partial charge on any atom is 0.115 e. The second kappa shape index (κ2) is 6.44. The van der Waals surface area contributed by atoms with E-state index in [2.05, 4.69) is 5.32 Å². The number of nitrogens with one attached hydrogen (secondary N) is 1. The van der Waals surface area contributed by atoms with Crippen molar-refractivity contribution >= 4 is 11.6 Å². The van der Waals surface area contributed by atoms with Gasteiger partial charge < -0.3 is 10.4 Å². The molecule has 2 nitrogen and oxygen atoms in total. The van der Waals surface area contributed by atoms with E-state index < -0.39 is 0 Å². The van der Waals surface area contributed by atoms with Gasteiger partial charge in [-0.25, -0.2) is 0 Å². The molecule has 0 heterocycles. The number of aromatic hydroxyl groups is 1. The molecule has 0 spiro atoms. The molecule has 0 aromatic heterocycles. The summed E-state index contributed by atoms with van der Waals surface area (Å²) in [6.45, 7) is 1.78. The smallest absolute Gasteiger partial charge is 0.115 e. The predicted molar refractivity (Wildman–Crippen MR) is 76.1 cm³/mol. The van der Waals surface area contributed by atoms with Gasteiger partial charge in [0.1, 0.15) is 5.75 Å². The molecule has 1 fully saturated rings. The lowest BCUT2D eigenvalue weighted by Crippen LogP contribution is -2.37. The fourth-order valence-corrected chi connectivity index (χ4v) is 3.16. The van der Waals surface area contributed by atoms with Gasteiger partial charge in [-0.15, -0.1) is 11.6 Å². The van der Waals surface area contributed by atoms with Gasteiger partial charge in [0.25, 0.3) is 0 Å². The van der Waals surface area contributed by atoms with Gasteiger partial charge in [0.05, 0.1) is 0 Å². The van der Waals surface area contributed by atoms with Gasteiger partial charge in [0, 0.05) is 19.0 Å². The Kier molecular flexibility index (Phi) is 4.90. The average molecular weight is 268 g/mol. The van der Waals surface area contributed by atoms with Crippen LogP contribution in [0, 0.1) is 5.41 Å². The van der Waals surface area contributed by atoms with Crippen molar-refractivity contribution in [3.63, 3.8) is 0 Å². The van der Waals surface area contributed by atoms with E-state index in [1.807, 2.05) is 12.1 Å². The monoisotopic (exact) mass is 267 g/mol. The highest BCUT2D eigenvalue weighted by atomic mass is 35.5. The van der Waals surface area contributed by atoms with E-state index in [0.29, 0.717) is 5.75 Å². The Balaban J connectivity index is 1.83. The Morgan fingerprint density at radius 2 is 2.00 bits per heavy atom. The first-order chi connectivity index (χ1) is 8.74. The number of alkyl halides is 1. The number of rotatable bonds is 5. The molecule has 0 bridgehead atoms. The minimum atomic E-state index is 0.288. The zero-order chi connectivity index (χ0) is 12.8. The second-order valence-electron chi connectivity index (χ2n) is 5.47. The molecule has 1 aliphatic rings. The first-order valence-electron chi connectivity index (χ1n) is 6.79. The first-order valence-corrected chi connectivity index (χ1v) is 7.32. The maximum absolute atomic E-state index is 9.41. The van der Waals surface area contributed by atoms with Crippen molar-refractivity contribution in [1.82, 2.24) is 5.32 Å². The number of hydrogen-bond acceptors (Lipinski definition) is 2. The van der Waals surface area contributed by atoms with Gasteiger partial charge >= 0.3 is 0 Å². The van der Waals surface area contributed by atoms with Crippen LogP contribution in [0.5, 0.6) is 5.75 Å². The highest BCUT2D eigenvalue weighted by molar-refractivity contribution is 6.18. The van der Waals surface area contributed by atoms with Crippen LogP contribution in [0.2, 0.25) is 0 Å². The summed E-state index contributed by atoms with van der Waals surface area (Å²) in [6, 6.07) is 7.41. The van der Waals surface area contributed by atoms with Crippen molar-refractivity contribution in [3.8, 4) is 5.75 Å². The van der Waals surface area contributed by atoms with Crippen LogP contribution in [0.3, 0.4) is 0 Å². The second-order valence-corrected chi connectivity index (χ2v) is 5.74. The third-order valence-electron chi connectivity index (χ3n) is 3.94. The number of phenolic OH excluding ortho intramolecular Hbond substituents is 1. The highest BCUT2D eigenvalue weighted by Crippen LogP contribution is 2.36. The van der Waals surface area contributed by atoms with Gasteiger partial charge in [-0.3, -0.25) is 0 Å². The molecule has 1 aliphatic carbocycles. The summed E-state index contributed by atoms with van der Waals surface area (Å²) in [4.78, 5) is 0. The molecule has 0 saturated heterocycles. The van der Waals surface area contributed by atoms with E-state index in [1.54, 1.807) is 12.1 Å². The van der Waals surface area contributed by atoms with E-state index >= 15 is 0 Å². The molecule has 0 unspecified atom stereocenters. The molecule has 18 heavy (non-hydrogen) atoms. The third-order valence-corrected chi connectivity index (χ3v) is 4.50. The lowest BCUT2D eigenvalue weighted by atomic mass is 9.75. The molecular weight excluding hydrogens is 246 g/mol. The van der Waals surface area contributed by atoms with Crippen LogP contribution in [0.1, 0.15) is 37.7 Å². The molecule has 0 radical (unpaired) electrons. The summed E-state index contributed by atoms with van der Waals surface area (Å²) in [5.74, 6) is 1.08. The molecule has 1 aromatic rings. The van der Waals surface area contributed by atoms with E-state index in [-0.39, 0.29) is 5.41 Å². The summed E-state index contributed by atoms with van der Waals surface area (Å²) in [6.07, 6.45) is 6.44. The Hall–Kier alpha value is -0.730. The van der Waals surface area contributed by atoms with Crippen LogP contribution in [0.25, 0.3) is 0 Å². The summed E-state index contributed by atoms with van der Waals surface area (Å²) < 4.78 is 0. The molecule has 100 valence electrons. The summed E-state index contributed by atoms with van der Waals surface area (Å²) in [5.41, 5.74) is 1.41. The molecule has 0 aliphatic heterocycles. The molecular formula is C15H22ClNO. The number of halogens is 1. The zero-order valence-electron chi connectivity index (χ0n) is 10.8. The van der Waals surface area contributed by atoms with Crippen molar-refractivity contribution in [2.45, 2.75) is 38.6 Å². The third kappa shape index (κ3) is 3.63. The van der Waals surface area contributed by atoms with Crippen LogP contribution in [0.15, 0.2) is 24.3 Å². The minimum absolute atomic E-state index is 0.288. The maximum atomic E-state index is 9.41. The molecule has 0 atom stereocenters. The SMILES string of the molecule is Oc1cccc(CNCC2(CCl)CCCCC2)c1. The number of benzene rings is 1. The van der Waals surface area contributed by atoms with Gasteiger partial charge in [0.2, 0.25) is 0 Å². The van der Waals surface area contributed by atoms with Crippen molar-refractivity contribution in [1.29, 1.82) is 0 Å². The van der Waals surface area contributed by atoms with Crippen molar-refractivity contribution < 1.29 is 5.11 Å². The van der Waals surface area contributed by atoms with E-state index in [9.17, 15) is 5.11 Å². The van der Waals surface area contributed by atoms with Crippen LogP contribution in [0.4, 0.5) is 0 Å². The standard InChI is InChI=1S/C15H22ClNO/c16-11-15(7-2-1-3-8-15)12-17-10-13-5-4-6-14(18)9-13/h4-6,9,17-18H,1-3,7-8,10-12H2. The van der Waals surface area contributed by atoms with Crippen LogP contribution in [-0.2, 0) is 6.54 Å². The molecule has 1 saturated carbocycles. The summed E-state index contributed by atoms with van der Waals surface area (Å²) in [7, 11) is 0. The average Bonchev–Trinajstić information content (AvgIpc) is 2.40. The van der Waals surface area contributed by atoms with Crippen LogP contribution >= 0.6 is 11.6 Å². The first kappa shape index (κ1) is 13.7. The van der Waals surface area contributed by atoms with Gasteiger partial charge in [0.15, 0.2) is 0 Å². The van der Waals surface area contributed by atoms with E-state index in [4.69, 9.17) is 11.6 Å². The zero-order valence-corrected chi connectivity index (χ0v) is 11.5. The number of phenols is 1. The van der Waals surface area contributed by atoms with E-state index in [0.717, 1.165) is 24.5 Å². The Bertz CT molecular complexity index is 375. The van der Waals surface area contributed by atoms with Gasteiger partial charge in [-0.2, -0.15) is 0 Å². The van der Waals surface area contributed by atoms with Crippen molar-refractivity contribution in [3.05, 3.63) is 29.8 Å². The lowest BCUT2D eigenvalue weighted by molar-refractivity contribution is 0.212. The highest BCUT2D eigenvalue weighted by Gasteiger charge is 2.30. The minimum Gasteiger partial charge on any atom is -0.508 e. The Morgan fingerprint density at radius 1 is 1.22 bits per heavy atom. The lowest BCUT2D eigenvalue weighted by Gasteiger charge is -2.35. The van der Waals surface area contributed by atoms with E-state index in [1.165, 1.54) is 32.1 Å². The molecule has 2 N–H and O–H groups in total. The quantitative estimate of drug-likeness (QED) is 0.798. The van der Waals surface area contributed by atoms with Gasteiger partial charge in [-0.1, -0.05) is 31.4 Å². The topological polar surface area (TPSA) is 32.3 Å². The largest absolute Gasteiger partial charge is 0.508 e.